The lowest BCUT2D eigenvalue weighted by molar-refractivity contribution is 0.567. The van der Waals surface area contributed by atoms with Gasteiger partial charge in [0.05, 0.1) is 6.54 Å². The largest absolute Gasteiger partial charge is 0.326 e. The normalized spacial score (nSPS) is 10.6. The second-order valence-electron chi connectivity index (χ2n) is 3.86. The zero-order chi connectivity index (χ0) is 13.1. The van der Waals surface area contributed by atoms with Crippen molar-refractivity contribution < 1.29 is 4.39 Å². The molecule has 18 heavy (non-hydrogen) atoms. The Morgan fingerprint density at radius 2 is 2.00 bits per heavy atom. The first-order valence-electron chi connectivity index (χ1n) is 5.37. The fourth-order valence-corrected chi connectivity index (χ4v) is 1.60. The maximum atomic E-state index is 13.7. The molecule has 0 saturated heterocycles. The summed E-state index contributed by atoms with van der Waals surface area (Å²) in [5.41, 5.74) is 5.58. The molecule has 1 aromatic heterocycles. The van der Waals surface area contributed by atoms with Gasteiger partial charge in [-0.15, -0.1) is 0 Å². The van der Waals surface area contributed by atoms with E-state index in [2.05, 4.69) is 5.10 Å². The van der Waals surface area contributed by atoms with Gasteiger partial charge in [0.2, 0.25) is 0 Å². The Bertz CT molecular complexity index is 676. The van der Waals surface area contributed by atoms with Crippen molar-refractivity contribution >= 4 is 0 Å². The van der Waals surface area contributed by atoms with Crippen molar-refractivity contribution in [1.29, 1.82) is 0 Å². The third kappa shape index (κ3) is 2.54. The van der Waals surface area contributed by atoms with Crippen LogP contribution in [0.25, 0.3) is 0 Å². The summed E-state index contributed by atoms with van der Waals surface area (Å²) in [7, 11) is 0. The molecule has 0 atom stereocenters. The van der Waals surface area contributed by atoms with E-state index in [9.17, 15) is 14.0 Å². The van der Waals surface area contributed by atoms with Crippen molar-refractivity contribution in [3.05, 3.63) is 68.0 Å². The van der Waals surface area contributed by atoms with Crippen LogP contribution in [0.2, 0.25) is 0 Å². The van der Waals surface area contributed by atoms with Crippen LogP contribution in [0.1, 0.15) is 11.1 Å². The summed E-state index contributed by atoms with van der Waals surface area (Å²) < 4.78 is 14.8. The van der Waals surface area contributed by atoms with E-state index in [0.717, 1.165) is 16.8 Å². The summed E-state index contributed by atoms with van der Waals surface area (Å²) in [4.78, 5) is 22.6. The summed E-state index contributed by atoms with van der Waals surface area (Å²) >= 11 is 0. The van der Waals surface area contributed by atoms with Gasteiger partial charge in [-0.25, -0.2) is 9.07 Å². The molecule has 0 amide bonds. The molecule has 0 fully saturated rings. The molecule has 0 unspecified atom stereocenters. The highest BCUT2D eigenvalue weighted by molar-refractivity contribution is 5.24. The molecule has 0 bridgehead atoms. The average Bonchev–Trinajstić information content (AvgIpc) is 2.36. The SMILES string of the molecule is NCc1ccc(Cn2[nH]c(=O)ccc2=O)c(F)c1. The number of hydrogen-bond acceptors (Lipinski definition) is 3. The molecule has 0 aliphatic heterocycles. The molecule has 1 heterocycles. The highest BCUT2D eigenvalue weighted by Crippen LogP contribution is 2.10. The Hall–Kier alpha value is -2.21. The number of nitrogens with one attached hydrogen (secondary N) is 1. The number of hydrogen-bond donors (Lipinski definition) is 2. The van der Waals surface area contributed by atoms with Crippen molar-refractivity contribution in [3.63, 3.8) is 0 Å². The Morgan fingerprint density at radius 1 is 1.22 bits per heavy atom. The lowest BCUT2D eigenvalue weighted by Gasteiger charge is -2.07. The molecule has 2 rings (SSSR count). The van der Waals surface area contributed by atoms with Crippen LogP contribution >= 0.6 is 0 Å². The minimum atomic E-state index is -0.449. The van der Waals surface area contributed by atoms with Gasteiger partial charge in [0, 0.05) is 24.2 Å². The molecule has 2 aromatic rings. The minimum absolute atomic E-state index is 0.0222. The van der Waals surface area contributed by atoms with Gasteiger partial charge in [0.1, 0.15) is 5.82 Å². The maximum Gasteiger partial charge on any atom is 0.265 e. The molecule has 0 radical (unpaired) electrons. The van der Waals surface area contributed by atoms with Crippen LogP contribution in [-0.4, -0.2) is 9.78 Å². The van der Waals surface area contributed by atoms with E-state index in [0.29, 0.717) is 11.1 Å². The van der Waals surface area contributed by atoms with E-state index < -0.39 is 16.9 Å². The predicted octanol–water partition coefficient (Wildman–Crippen LogP) is 0.183. The maximum absolute atomic E-state index is 13.7. The topological polar surface area (TPSA) is 80.9 Å². The van der Waals surface area contributed by atoms with Gasteiger partial charge in [0.25, 0.3) is 11.1 Å². The standard InChI is InChI=1S/C12H12FN3O2/c13-10-5-8(6-14)1-2-9(10)7-16-12(18)4-3-11(17)15-16/h1-5H,6-7,14H2,(H,15,17). The van der Waals surface area contributed by atoms with Crippen molar-refractivity contribution in [2.75, 3.05) is 0 Å². The summed E-state index contributed by atoms with van der Waals surface area (Å²) in [6.07, 6.45) is 0. The minimum Gasteiger partial charge on any atom is -0.326 e. The molecule has 5 nitrogen and oxygen atoms in total. The van der Waals surface area contributed by atoms with E-state index in [4.69, 9.17) is 5.73 Å². The van der Waals surface area contributed by atoms with Crippen LogP contribution < -0.4 is 16.9 Å². The molecule has 3 N–H and O–H groups in total. The molecular weight excluding hydrogens is 237 g/mol. The highest BCUT2D eigenvalue weighted by Gasteiger charge is 2.05. The second kappa shape index (κ2) is 4.97. The Morgan fingerprint density at radius 3 is 2.67 bits per heavy atom. The van der Waals surface area contributed by atoms with Crippen LogP contribution in [0.3, 0.4) is 0 Å². The van der Waals surface area contributed by atoms with E-state index in [1.165, 1.54) is 6.07 Å². The van der Waals surface area contributed by atoms with Gasteiger partial charge in [-0.1, -0.05) is 12.1 Å². The van der Waals surface area contributed by atoms with Gasteiger partial charge in [-0.3, -0.25) is 14.7 Å². The lowest BCUT2D eigenvalue weighted by atomic mass is 10.1. The second-order valence-corrected chi connectivity index (χ2v) is 3.86. The van der Waals surface area contributed by atoms with Crippen molar-refractivity contribution in [2.45, 2.75) is 13.1 Å². The summed E-state index contributed by atoms with van der Waals surface area (Å²) in [6.45, 7) is 0.227. The van der Waals surface area contributed by atoms with Gasteiger partial charge in [-0.2, -0.15) is 0 Å². The van der Waals surface area contributed by atoms with Crippen molar-refractivity contribution in [2.24, 2.45) is 5.73 Å². The fraction of sp³-hybridized carbons (Fsp3) is 0.167. The van der Waals surface area contributed by atoms with E-state index in [1.54, 1.807) is 12.1 Å². The summed E-state index contributed by atoms with van der Waals surface area (Å²) in [5.74, 6) is -0.449. The number of rotatable bonds is 3. The van der Waals surface area contributed by atoms with Crippen LogP contribution in [0.4, 0.5) is 4.39 Å². The zero-order valence-corrected chi connectivity index (χ0v) is 9.52. The molecule has 0 aliphatic carbocycles. The molecule has 0 aliphatic rings. The van der Waals surface area contributed by atoms with Gasteiger partial charge < -0.3 is 5.73 Å². The third-order valence-corrected chi connectivity index (χ3v) is 2.57. The van der Waals surface area contributed by atoms with Crippen molar-refractivity contribution in [1.82, 2.24) is 9.78 Å². The van der Waals surface area contributed by atoms with Crippen LogP contribution in [0.5, 0.6) is 0 Å². The van der Waals surface area contributed by atoms with E-state index in [1.807, 2.05) is 0 Å². The molecular formula is C12H12FN3O2. The zero-order valence-electron chi connectivity index (χ0n) is 9.52. The molecule has 0 saturated carbocycles. The van der Waals surface area contributed by atoms with Crippen LogP contribution in [0.15, 0.2) is 39.9 Å². The number of benzene rings is 1. The summed E-state index contributed by atoms with van der Waals surface area (Å²) in [5, 5.41) is 2.34. The molecule has 0 spiro atoms. The first-order valence-corrected chi connectivity index (χ1v) is 5.37. The van der Waals surface area contributed by atoms with E-state index in [-0.39, 0.29) is 13.1 Å². The van der Waals surface area contributed by atoms with E-state index >= 15 is 0 Å². The Balaban J connectivity index is 2.37. The molecule has 6 heteroatoms. The van der Waals surface area contributed by atoms with Gasteiger partial charge in [0.15, 0.2) is 0 Å². The number of aromatic amines is 1. The third-order valence-electron chi connectivity index (χ3n) is 2.57. The molecule has 94 valence electrons. The average molecular weight is 249 g/mol. The number of halogens is 1. The fourth-order valence-electron chi connectivity index (χ4n) is 1.60. The predicted molar refractivity (Wildman–Crippen MR) is 64.7 cm³/mol. The Labute approximate surface area is 102 Å². The van der Waals surface area contributed by atoms with Crippen LogP contribution in [-0.2, 0) is 13.1 Å². The van der Waals surface area contributed by atoms with Gasteiger partial charge >= 0.3 is 0 Å². The number of nitrogens with two attached hydrogens (primary N) is 1. The number of H-pyrrole nitrogens is 1. The van der Waals surface area contributed by atoms with Crippen LogP contribution in [0, 0.1) is 5.82 Å². The van der Waals surface area contributed by atoms with Crippen molar-refractivity contribution in [3.8, 4) is 0 Å². The monoisotopic (exact) mass is 249 g/mol. The number of aromatic nitrogens is 2. The smallest absolute Gasteiger partial charge is 0.265 e. The number of nitrogens with zero attached hydrogens (tertiary/aromatic N) is 1. The Kier molecular flexibility index (Phi) is 3.38. The first kappa shape index (κ1) is 12.3. The highest BCUT2D eigenvalue weighted by atomic mass is 19.1. The van der Waals surface area contributed by atoms with Gasteiger partial charge in [-0.05, 0) is 11.6 Å². The lowest BCUT2D eigenvalue weighted by Crippen LogP contribution is -2.28. The first-order chi connectivity index (χ1) is 8.60. The quantitative estimate of drug-likeness (QED) is 0.814. The molecule has 1 aromatic carbocycles. The summed E-state index contributed by atoms with van der Waals surface area (Å²) in [6, 6.07) is 6.83.